The van der Waals surface area contributed by atoms with Crippen LogP contribution in [0.25, 0.3) is 0 Å². The minimum absolute atomic E-state index is 0.0186. The third kappa shape index (κ3) is 5.34. The Morgan fingerprint density at radius 1 is 1.12 bits per heavy atom. The third-order valence-corrected chi connectivity index (χ3v) is 4.91. The van der Waals surface area contributed by atoms with E-state index in [0.717, 1.165) is 31.7 Å². The van der Waals surface area contributed by atoms with Crippen molar-refractivity contribution in [3.63, 3.8) is 0 Å². The number of carbonyl (C=O) groups is 1. The molecule has 1 amide bonds. The summed E-state index contributed by atoms with van der Waals surface area (Å²) < 4.78 is 5.54. The van der Waals surface area contributed by atoms with E-state index in [9.17, 15) is 4.79 Å². The van der Waals surface area contributed by atoms with Crippen LogP contribution < -0.4 is 4.74 Å². The first-order valence-electron chi connectivity index (χ1n) is 8.60. The maximum absolute atomic E-state index is 12.3. The Kier molecular flexibility index (Phi) is 6.72. The molecule has 3 rings (SSSR count). The Labute approximate surface area is 163 Å². The third-order valence-electron chi connectivity index (χ3n) is 4.38. The fraction of sp³-hybridized carbons (Fsp3) is 0.368. The van der Waals surface area contributed by atoms with Gasteiger partial charge in [0.25, 0.3) is 5.91 Å². The molecule has 0 atom stereocenters. The van der Waals surface area contributed by atoms with E-state index >= 15 is 0 Å². The van der Waals surface area contributed by atoms with Gasteiger partial charge in [-0.1, -0.05) is 29.3 Å². The number of halogens is 2. The van der Waals surface area contributed by atoms with Crippen LogP contribution in [0.5, 0.6) is 5.75 Å². The molecule has 0 spiro atoms. The zero-order valence-electron chi connectivity index (χ0n) is 14.4. The number of rotatable bonds is 6. The molecule has 7 heteroatoms. The van der Waals surface area contributed by atoms with Gasteiger partial charge in [-0.15, -0.1) is 0 Å². The number of carbonyl (C=O) groups excluding carboxylic acids is 1. The number of hydrogen-bond donors (Lipinski definition) is 0. The van der Waals surface area contributed by atoms with Crippen molar-refractivity contribution in [2.75, 3.05) is 39.3 Å². The van der Waals surface area contributed by atoms with Gasteiger partial charge >= 0.3 is 0 Å². The Morgan fingerprint density at radius 2 is 1.92 bits per heavy atom. The second kappa shape index (κ2) is 9.21. The Bertz CT molecular complexity index is 735. The smallest absolute Gasteiger partial charge is 0.260 e. The van der Waals surface area contributed by atoms with Gasteiger partial charge in [0.2, 0.25) is 0 Å². The molecule has 0 saturated carbocycles. The molecule has 1 aromatic carbocycles. The summed E-state index contributed by atoms with van der Waals surface area (Å²) >= 11 is 11.9. The molecule has 1 fully saturated rings. The van der Waals surface area contributed by atoms with Crippen molar-refractivity contribution < 1.29 is 9.53 Å². The number of benzene rings is 1. The van der Waals surface area contributed by atoms with Gasteiger partial charge in [0.1, 0.15) is 5.75 Å². The van der Waals surface area contributed by atoms with Gasteiger partial charge in [-0.25, -0.2) is 0 Å². The van der Waals surface area contributed by atoms with Crippen LogP contribution in [0.3, 0.4) is 0 Å². The van der Waals surface area contributed by atoms with Crippen molar-refractivity contribution >= 4 is 29.1 Å². The predicted molar refractivity (Wildman–Crippen MR) is 103 cm³/mol. The van der Waals surface area contributed by atoms with Crippen LogP contribution in [0, 0.1) is 0 Å². The van der Waals surface area contributed by atoms with Crippen LogP contribution in [-0.2, 0) is 11.2 Å². The van der Waals surface area contributed by atoms with Crippen molar-refractivity contribution in [1.82, 2.24) is 14.8 Å². The van der Waals surface area contributed by atoms with E-state index < -0.39 is 0 Å². The first-order valence-corrected chi connectivity index (χ1v) is 9.35. The summed E-state index contributed by atoms with van der Waals surface area (Å²) in [6.07, 6.45) is 2.74. The molecule has 2 heterocycles. The molecule has 2 aromatic rings. The number of aromatic nitrogens is 1. The highest BCUT2D eigenvalue weighted by Crippen LogP contribution is 2.27. The molecule has 1 aliphatic rings. The zero-order valence-corrected chi connectivity index (χ0v) is 15.9. The summed E-state index contributed by atoms with van der Waals surface area (Å²) in [5.74, 6) is 0.443. The summed E-state index contributed by atoms with van der Waals surface area (Å²) in [7, 11) is 0. The van der Waals surface area contributed by atoms with Gasteiger partial charge in [0.15, 0.2) is 6.61 Å². The van der Waals surface area contributed by atoms with Crippen molar-refractivity contribution in [3.8, 4) is 5.75 Å². The maximum Gasteiger partial charge on any atom is 0.260 e. The molecule has 0 aliphatic carbocycles. The number of amides is 1. The van der Waals surface area contributed by atoms with Crippen LogP contribution >= 0.6 is 23.2 Å². The highest BCUT2D eigenvalue weighted by molar-refractivity contribution is 6.35. The van der Waals surface area contributed by atoms with Crippen LogP contribution in [-0.4, -0.2) is 60.0 Å². The molecular formula is C19H21Cl2N3O2. The van der Waals surface area contributed by atoms with Gasteiger partial charge in [-0.3, -0.25) is 14.7 Å². The molecule has 1 aromatic heterocycles. The van der Waals surface area contributed by atoms with E-state index in [1.165, 1.54) is 0 Å². The predicted octanol–water partition coefficient (Wildman–Crippen LogP) is 3.15. The Balaban J connectivity index is 1.40. The van der Waals surface area contributed by atoms with E-state index in [2.05, 4.69) is 9.88 Å². The molecule has 26 heavy (non-hydrogen) atoms. The lowest BCUT2D eigenvalue weighted by Crippen LogP contribution is -2.50. The second-order valence-electron chi connectivity index (χ2n) is 6.16. The van der Waals surface area contributed by atoms with E-state index in [-0.39, 0.29) is 12.5 Å². The van der Waals surface area contributed by atoms with Crippen molar-refractivity contribution in [2.45, 2.75) is 6.42 Å². The molecule has 0 unspecified atom stereocenters. The lowest BCUT2D eigenvalue weighted by Gasteiger charge is -2.34. The highest BCUT2D eigenvalue weighted by Gasteiger charge is 2.21. The summed E-state index contributed by atoms with van der Waals surface area (Å²) in [4.78, 5) is 20.9. The topological polar surface area (TPSA) is 45.7 Å². The van der Waals surface area contributed by atoms with Gasteiger partial charge < -0.3 is 9.64 Å². The largest absolute Gasteiger partial charge is 0.482 e. The fourth-order valence-corrected chi connectivity index (χ4v) is 3.33. The highest BCUT2D eigenvalue weighted by atomic mass is 35.5. The molecule has 0 radical (unpaired) electrons. The van der Waals surface area contributed by atoms with Gasteiger partial charge in [-0.05, 0) is 30.3 Å². The van der Waals surface area contributed by atoms with E-state index in [4.69, 9.17) is 27.9 Å². The van der Waals surface area contributed by atoms with Crippen LogP contribution in [0.2, 0.25) is 10.0 Å². The van der Waals surface area contributed by atoms with Crippen molar-refractivity contribution in [2.24, 2.45) is 0 Å². The standard InChI is InChI=1S/C19H21Cl2N3O2/c20-15-4-5-18(17(21)13-15)26-14-19(25)24-11-9-23(10-12-24)8-6-16-3-1-2-7-22-16/h1-5,7,13H,6,8-12,14H2. The van der Waals surface area contributed by atoms with Crippen LogP contribution in [0.1, 0.15) is 5.69 Å². The first kappa shape index (κ1) is 19.0. The molecule has 0 N–H and O–H groups in total. The van der Waals surface area contributed by atoms with E-state index in [1.807, 2.05) is 29.3 Å². The summed E-state index contributed by atoms with van der Waals surface area (Å²) in [6.45, 7) is 4.07. The second-order valence-corrected chi connectivity index (χ2v) is 7.00. The average molecular weight is 394 g/mol. The van der Waals surface area contributed by atoms with Crippen molar-refractivity contribution in [1.29, 1.82) is 0 Å². The van der Waals surface area contributed by atoms with Gasteiger partial charge in [-0.2, -0.15) is 0 Å². The molecule has 5 nitrogen and oxygen atoms in total. The number of hydrogen-bond acceptors (Lipinski definition) is 4. The fourth-order valence-electron chi connectivity index (χ4n) is 2.86. The van der Waals surface area contributed by atoms with Crippen LogP contribution in [0.4, 0.5) is 0 Å². The maximum atomic E-state index is 12.3. The molecular weight excluding hydrogens is 373 g/mol. The number of ether oxygens (including phenoxy) is 1. The SMILES string of the molecule is O=C(COc1ccc(Cl)cc1Cl)N1CCN(CCc2ccccn2)CC1. The van der Waals surface area contributed by atoms with E-state index in [1.54, 1.807) is 18.2 Å². The molecule has 138 valence electrons. The van der Waals surface area contributed by atoms with Gasteiger partial charge in [0, 0.05) is 56.1 Å². The quantitative estimate of drug-likeness (QED) is 0.755. The minimum Gasteiger partial charge on any atom is -0.482 e. The molecule has 0 bridgehead atoms. The first-order chi connectivity index (χ1) is 12.6. The van der Waals surface area contributed by atoms with Crippen molar-refractivity contribution in [3.05, 3.63) is 58.3 Å². The van der Waals surface area contributed by atoms with E-state index in [0.29, 0.717) is 28.9 Å². The Morgan fingerprint density at radius 3 is 2.62 bits per heavy atom. The lowest BCUT2D eigenvalue weighted by molar-refractivity contribution is -0.135. The molecule has 1 aliphatic heterocycles. The monoisotopic (exact) mass is 393 g/mol. The number of pyridine rings is 1. The van der Waals surface area contributed by atoms with Crippen LogP contribution in [0.15, 0.2) is 42.6 Å². The Hall–Kier alpha value is -1.82. The summed E-state index contributed by atoms with van der Waals surface area (Å²) in [6, 6.07) is 10.9. The average Bonchev–Trinajstić information content (AvgIpc) is 2.67. The normalized spacial score (nSPS) is 15.1. The number of piperazine rings is 1. The summed E-state index contributed by atoms with van der Waals surface area (Å²) in [5.41, 5.74) is 1.10. The van der Waals surface area contributed by atoms with Gasteiger partial charge in [0.05, 0.1) is 5.02 Å². The number of nitrogens with zero attached hydrogens (tertiary/aromatic N) is 3. The lowest BCUT2D eigenvalue weighted by atomic mass is 10.2. The minimum atomic E-state index is -0.0274. The zero-order chi connectivity index (χ0) is 18.4. The summed E-state index contributed by atoms with van der Waals surface area (Å²) in [5, 5.41) is 0.945. The molecule has 1 saturated heterocycles.